The van der Waals surface area contributed by atoms with E-state index in [1.807, 2.05) is 12.1 Å². The van der Waals surface area contributed by atoms with E-state index in [4.69, 9.17) is 51.1 Å². The van der Waals surface area contributed by atoms with E-state index in [-0.39, 0.29) is 18.2 Å². The van der Waals surface area contributed by atoms with Crippen LogP contribution in [-0.4, -0.2) is 48.4 Å². The van der Waals surface area contributed by atoms with Gasteiger partial charge in [-0.25, -0.2) is 0 Å². The lowest BCUT2D eigenvalue weighted by Crippen LogP contribution is -2.31. The third-order valence-corrected chi connectivity index (χ3v) is 8.38. The van der Waals surface area contributed by atoms with Gasteiger partial charge in [-0.1, -0.05) is 46.4 Å². The van der Waals surface area contributed by atoms with Gasteiger partial charge in [0.2, 0.25) is 0 Å². The number of nitrogens with one attached hydrogen (secondary N) is 1. The van der Waals surface area contributed by atoms with Crippen molar-refractivity contribution in [2.24, 2.45) is 0 Å². The van der Waals surface area contributed by atoms with E-state index in [9.17, 15) is 5.11 Å². The molecule has 0 bridgehead atoms. The SMILES string of the molecule is C1CCNC1.Clc1cc(Cl)c2c(c1)[C@@H]1O[C@@H]1C2.O[C@@H]1Cc2c(Cl)cc(Cl)cc2[C@H]1N1CCCC1. The van der Waals surface area contributed by atoms with Crippen molar-refractivity contribution in [3.8, 4) is 0 Å². The summed E-state index contributed by atoms with van der Waals surface area (Å²) in [5.74, 6) is 0. The largest absolute Gasteiger partial charge is 0.391 e. The van der Waals surface area contributed by atoms with Gasteiger partial charge in [0.15, 0.2) is 0 Å². The maximum Gasteiger partial charge on any atom is 0.110 e. The van der Waals surface area contributed by atoms with Crippen LogP contribution in [0.5, 0.6) is 0 Å². The molecule has 5 aliphatic rings. The Bertz CT molecular complexity index is 1030. The monoisotopic (exact) mass is 542 g/mol. The van der Waals surface area contributed by atoms with Crippen LogP contribution < -0.4 is 5.32 Å². The maximum absolute atomic E-state index is 10.2. The van der Waals surface area contributed by atoms with Crippen LogP contribution in [0.2, 0.25) is 20.1 Å². The molecule has 0 saturated carbocycles. The molecule has 0 radical (unpaired) electrons. The Hall–Kier alpha value is -0.560. The van der Waals surface area contributed by atoms with Crippen molar-refractivity contribution in [3.05, 3.63) is 66.6 Å². The first-order valence-electron chi connectivity index (χ1n) is 12.2. The molecule has 34 heavy (non-hydrogen) atoms. The first-order valence-corrected chi connectivity index (χ1v) is 13.7. The number of hydrogen-bond donors (Lipinski definition) is 2. The summed E-state index contributed by atoms with van der Waals surface area (Å²) in [5.41, 5.74) is 4.61. The number of hydrogen-bond acceptors (Lipinski definition) is 4. The highest BCUT2D eigenvalue weighted by molar-refractivity contribution is 6.35. The zero-order valence-corrected chi connectivity index (χ0v) is 22.0. The zero-order chi connectivity index (χ0) is 23.8. The number of ether oxygens (including phenoxy) is 1. The molecule has 3 fully saturated rings. The molecule has 0 amide bonds. The smallest absolute Gasteiger partial charge is 0.110 e. The van der Waals surface area contributed by atoms with Gasteiger partial charge in [-0.2, -0.15) is 0 Å². The van der Waals surface area contributed by atoms with E-state index in [0.717, 1.165) is 35.7 Å². The summed E-state index contributed by atoms with van der Waals surface area (Å²) >= 11 is 24.2. The van der Waals surface area contributed by atoms with Gasteiger partial charge in [0.1, 0.15) is 6.10 Å². The number of fused-ring (bicyclic) bond motifs is 4. The van der Waals surface area contributed by atoms with E-state index >= 15 is 0 Å². The van der Waals surface area contributed by atoms with E-state index in [0.29, 0.717) is 27.6 Å². The Kier molecular flexibility index (Phi) is 7.99. The van der Waals surface area contributed by atoms with Crippen LogP contribution in [0.15, 0.2) is 24.3 Å². The predicted molar refractivity (Wildman–Crippen MR) is 140 cm³/mol. The van der Waals surface area contributed by atoms with Crippen molar-refractivity contribution < 1.29 is 9.84 Å². The third-order valence-electron chi connectivity index (χ3n) is 7.27. The lowest BCUT2D eigenvalue weighted by atomic mass is 10.1. The second-order valence-electron chi connectivity index (χ2n) is 9.63. The van der Waals surface area contributed by atoms with Crippen molar-refractivity contribution in [1.29, 1.82) is 0 Å². The standard InChI is InChI=1S/C13H15Cl2NO.C9H6Cl2O.C4H9N/c14-8-5-10-9(11(15)6-8)7-12(17)13(10)16-3-1-2-4-16;10-4-1-6-5(7(11)2-4)3-8-9(6)12-8;1-2-4-5-3-1/h5-6,12-13,17H,1-4,7H2;1-2,8-9H,3H2;5H,1-4H2/t12-,13-;8-,9+;/m11./s1. The van der Waals surface area contributed by atoms with Crippen LogP contribution in [0.25, 0.3) is 0 Å². The van der Waals surface area contributed by atoms with Gasteiger partial charge < -0.3 is 15.2 Å². The fourth-order valence-corrected chi connectivity index (χ4v) is 6.75. The lowest BCUT2D eigenvalue weighted by molar-refractivity contribution is 0.0753. The lowest BCUT2D eigenvalue weighted by Gasteiger charge is -2.27. The Morgan fingerprint density at radius 2 is 1.38 bits per heavy atom. The Balaban J connectivity index is 0.000000122. The number of epoxide rings is 1. The summed E-state index contributed by atoms with van der Waals surface area (Å²) in [6.45, 7) is 4.62. The predicted octanol–water partition coefficient (Wildman–Crippen LogP) is 6.41. The number of rotatable bonds is 1. The second-order valence-corrected chi connectivity index (χ2v) is 11.3. The molecule has 4 atom stereocenters. The Morgan fingerprint density at radius 1 is 0.794 bits per heavy atom. The fraction of sp³-hybridized carbons (Fsp3) is 0.538. The van der Waals surface area contributed by atoms with Crippen LogP contribution in [0, 0.1) is 0 Å². The number of likely N-dealkylation sites (tertiary alicyclic amines) is 1. The van der Waals surface area contributed by atoms with Gasteiger partial charge in [-0.05, 0) is 98.4 Å². The highest BCUT2D eigenvalue weighted by Gasteiger charge is 2.48. The normalized spacial score (nSPS) is 28.4. The highest BCUT2D eigenvalue weighted by atomic mass is 35.5. The van der Waals surface area contributed by atoms with Crippen molar-refractivity contribution in [3.63, 3.8) is 0 Å². The molecule has 7 rings (SSSR count). The molecule has 184 valence electrons. The van der Waals surface area contributed by atoms with E-state index in [1.54, 1.807) is 12.1 Å². The summed E-state index contributed by atoms with van der Waals surface area (Å²) in [6, 6.07) is 7.57. The van der Waals surface area contributed by atoms with Gasteiger partial charge in [-0.15, -0.1) is 0 Å². The van der Waals surface area contributed by atoms with Gasteiger partial charge >= 0.3 is 0 Å². The third kappa shape index (κ3) is 5.40. The summed E-state index contributed by atoms with van der Waals surface area (Å²) in [4.78, 5) is 2.35. The molecule has 0 unspecified atom stereocenters. The molecular formula is C26H30Cl4N2O2. The summed E-state index contributed by atoms with van der Waals surface area (Å²) in [5, 5.41) is 16.3. The Labute approximate surface area is 221 Å². The van der Waals surface area contributed by atoms with Crippen LogP contribution in [0.4, 0.5) is 0 Å². The van der Waals surface area contributed by atoms with E-state index in [1.165, 1.54) is 49.9 Å². The van der Waals surface area contributed by atoms with Crippen LogP contribution in [0.1, 0.15) is 60.1 Å². The molecule has 4 nitrogen and oxygen atoms in total. The summed E-state index contributed by atoms with van der Waals surface area (Å²) in [7, 11) is 0. The molecule has 2 aromatic carbocycles. The number of halogens is 4. The molecule has 2 aliphatic carbocycles. The minimum atomic E-state index is -0.348. The molecule has 2 N–H and O–H groups in total. The molecule has 3 heterocycles. The number of nitrogens with zero attached hydrogens (tertiary/aromatic N) is 1. The molecule has 2 aromatic rings. The van der Waals surface area contributed by atoms with Gasteiger partial charge in [0.25, 0.3) is 0 Å². The van der Waals surface area contributed by atoms with Crippen LogP contribution in [0.3, 0.4) is 0 Å². The molecule has 8 heteroatoms. The van der Waals surface area contributed by atoms with Gasteiger partial charge in [0.05, 0.1) is 18.2 Å². The second kappa shape index (κ2) is 10.8. The maximum atomic E-state index is 10.2. The molecule has 3 aliphatic heterocycles. The fourth-order valence-electron chi connectivity index (χ4n) is 5.58. The molecule has 3 saturated heterocycles. The van der Waals surface area contributed by atoms with Crippen molar-refractivity contribution >= 4 is 46.4 Å². The van der Waals surface area contributed by atoms with Crippen molar-refractivity contribution in [2.75, 3.05) is 26.2 Å². The van der Waals surface area contributed by atoms with E-state index < -0.39 is 0 Å². The molecule has 0 aromatic heterocycles. The van der Waals surface area contributed by atoms with Crippen molar-refractivity contribution in [1.82, 2.24) is 10.2 Å². The zero-order valence-electron chi connectivity index (χ0n) is 19.0. The van der Waals surface area contributed by atoms with Crippen LogP contribution in [-0.2, 0) is 17.6 Å². The van der Waals surface area contributed by atoms with Gasteiger partial charge in [-0.3, -0.25) is 4.90 Å². The topological polar surface area (TPSA) is 48.0 Å². The molecular weight excluding hydrogens is 514 g/mol. The minimum absolute atomic E-state index is 0.0868. The minimum Gasteiger partial charge on any atom is -0.391 e. The highest BCUT2D eigenvalue weighted by Crippen LogP contribution is 2.51. The first kappa shape index (κ1) is 25.1. The number of aliphatic hydroxyl groups is 1. The van der Waals surface area contributed by atoms with Crippen LogP contribution >= 0.6 is 46.4 Å². The molecule has 0 spiro atoms. The number of aliphatic hydroxyl groups excluding tert-OH is 1. The summed E-state index contributed by atoms with van der Waals surface area (Å²) < 4.78 is 5.37. The first-order chi connectivity index (χ1) is 16.4. The summed E-state index contributed by atoms with van der Waals surface area (Å²) in [6.07, 6.45) is 7.13. The van der Waals surface area contributed by atoms with E-state index in [2.05, 4.69) is 10.2 Å². The quantitative estimate of drug-likeness (QED) is 0.408. The van der Waals surface area contributed by atoms with Gasteiger partial charge in [0, 0.05) is 32.9 Å². The number of benzene rings is 2. The average Bonchev–Trinajstić information content (AvgIpc) is 3.33. The Morgan fingerprint density at radius 3 is 1.97 bits per heavy atom. The van der Waals surface area contributed by atoms with Crippen molar-refractivity contribution in [2.45, 2.75) is 62.9 Å². The average molecular weight is 544 g/mol.